The molecule has 0 spiro atoms. The number of esters is 2. The zero-order valence-corrected chi connectivity index (χ0v) is 19.4. The van der Waals surface area contributed by atoms with Crippen LogP contribution in [0.5, 0.6) is 0 Å². The largest absolute Gasteiger partial charge is 0.466 e. The SMILES string of the molecule is CCOC(=O)C(C)(C)CCCCCC(CCCCC(C)(C)C(=O)OCC)OC. The van der Waals surface area contributed by atoms with Crippen molar-refractivity contribution in [3.05, 3.63) is 0 Å². The Balaban J connectivity index is 3.99. The van der Waals surface area contributed by atoms with E-state index in [2.05, 4.69) is 0 Å². The summed E-state index contributed by atoms with van der Waals surface area (Å²) in [4.78, 5) is 23.8. The molecular formula is C23H44O5. The first kappa shape index (κ1) is 26.9. The number of carbonyl (C=O) groups excluding carboxylic acids is 2. The lowest BCUT2D eigenvalue weighted by molar-refractivity contribution is -0.154. The van der Waals surface area contributed by atoms with E-state index >= 15 is 0 Å². The lowest BCUT2D eigenvalue weighted by Gasteiger charge is -2.23. The zero-order chi connectivity index (χ0) is 21.6. The van der Waals surface area contributed by atoms with Crippen LogP contribution in [0, 0.1) is 10.8 Å². The van der Waals surface area contributed by atoms with Gasteiger partial charge in [0.2, 0.25) is 0 Å². The van der Waals surface area contributed by atoms with E-state index in [1.807, 2.05) is 41.5 Å². The molecule has 0 aliphatic rings. The standard InChI is InChI=1S/C23H44O5/c1-8-27-20(24)22(3,4)17-13-10-11-15-19(26-7)16-12-14-18-23(5,6)21(25)28-9-2/h19H,8-18H2,1-7H3. The monoisotopic (exact) mass is 400 g/mol. The van der Waals surface area contributed by atoms with Gasteiger partial charge in [-0.3, -0.25) is 9.59 Å². The molecule has 166 valence electrons. The summed E-state index contributed by atoms with van der Waals surface area (Å²) < 4.78 is 15.9. The summed E-state index contributed by atoms with van der Waals surface area (Å²) in [6, 6.07) is 0. The molecule has 5 heteroatoms. The van der Waals surface area contributed by atoms with E-state index in [0.717, 1.165) is 57.8 Å². The summed E-state index contributed by atoms with van der Waals surface area (Å²) in [7, 11) is 1.77. The van der Waals surface area contributed by atoms with Crippen molar-refractivity contribution in [1.82, 2.24) is 0 Å². The normalized spacial score (nSPS) is 13.2. The predicted octanol–water partition coefficient (Wildman–Crippen LogP) is 5.69. The number of hydrogen-bond donors (Lipinski definition) is 0. The maximum Gasteiger partial charge on any atom is 0.311 e. The fraction of sp³-hybridized carbons (Fsp3) is 0.913. The third-order valence-corrected chi connectivity index (χ3v) is 5.40. The fourth-order valence-electron chi connectivity index (χ4n) is 3.29. The number of unbranched alkanes of at least 4 members (excludes halogenated alkanes) is 3. The first-order chi connectivity index (χ1) is 13.1. The van der Waals surface area contributed by atoms with Crippen molar-refractivity contribution < 1.29 is 23.8 Å². The van der Waals surface area contributed by atoms with Gasteiger partial charge in [0.15, 0.2) is 0 Å². The Kier molecular flexibility index (Phi) is 13.4. The molecule has 1 atom stereocenters. The van der Waals surface area contributed by atoms with Crippen LogP contribution in [0.1, 0.15) is 99.3 Å². The van der Waals surface area contributed by atoms with Crippen molar-refractivity contribution in [2.45, 2.75) is 105 Å². The highest BCUT2D eigenvalue weighted by Gasteiger charge is 2.29. The molecule has 1 unspecified atom stereocenters. The van der Waals surface area contributed by atoms with Gasteiger partial charge in [-0.05, 0) is 67.2 Å². The molecule has 0 amide bonds. The van der Waals surface area contributed by atoms with Gasteiger partial charge in [-0.2, -0.15) is 0 Å². The predicted molar refractivity (Wildman–Crippen MR) is 113 cm³/mol. The summed E-state index contributed by atoms with van der Waals surface area (Å²) in [6.45, 7) is 12.4. The number of hydrogen-bond acceptors (Lipinski definition) is 5. The minimum absolute atomic E-state index is 0.101. The molecule has 28 heavy (non-hydrogen) atoms. The quantitative estimate of drug-likeness (QED) is 0.246. The lowest BCUT2D eigenvalue weighted by atomic mass is 9.86. The maximum absolute atomic E-state index is 11.9. The first-order valence-corrected chi connectivity index (χ1v) is 11.0. The van der Waals surface area contributed by atoms with E-state index in [1.165, 1.54) is 0 Å². The number of carbonyl (C=O) groups is 2. The third-order valence-electron chi connectivity index (χ3n) is 5.40. The van der Waals surface area contributed by atoms with Gasteiger partial charge >= 0.3 is 11.9 Å². The maximum atomic E-state index is 11.9. The number of rotatable bonds is 16. The van der Waals surface area contributed by atoms with Crippen LogP contribution in [0.2, 0.25) is 0 Å². The summed E-state index contributed by atoms with van der Waals surface area (Å²) >= 11 is 0. The van der Waals surface area contributed by atoms with Gasteiger partial charge in [0.25, 0.3) is 0 Å². The van der Waals surface area contributed by atoms with Crippen LogP contribution in [0.3, 0.4) is 0 Å². The zero-order valence-electron chi connectivity index (χ0n) is 19.4. The number of ether oxygens (including phenoxy) is 3. The Bertz CT molecular complexity index is 442. The second-order valence-corrected chi connectivity index (χ2v) is 8.91. The van der Waals surface area contributed by atoms with E-state index in [9.17, 15) is 9.59 Å². The van der Waals surface area contributed by atoms with Gasteiger partial charge in [0.1, 0.15) is 0 Å². The summed E-state index contributed by atoms with van der Waals surface area (Å²) in [5, 5.41) is 0. The molecule has 0 rings (SSSR count). The Morgan fingerprint density at radius 1 is 0.714 bits per heavy atom. The van der Waals surface area contributed by atoms with Crippen molar-refractivity contribution in [3.63, 3.8) is 0 Å². The van der Waals surface area contributed by atoms with Crippen molar-refractivity contribution in [1.29, 1.82) is 0 Å². The van der Waals surface area contributed by atoms with Crippen molar-refractivity contribution >= 4 is 11.9 Å². The van der Waals surface area contributed by atoms with Crippen LogP contribution in [-0.2, 0) is 23.8 Å². The molecular weight excluding hydrogens is 356 g/mol. The molecule has 0 aromatic carbocycles. The minimum atomic E-state index is -0.412. The fourth-order valence-corrected chi connectivity index (χ4v) is 3.29. The highest BCUT2D eigenvalue weighted by Crippen LogP contribution is 2.27. The highest BCUT2D eigenvalue weighted by atomic mass is 16.5. The molecule has 0 fully saturated rings. The van der Waals surface area contributed by atoms with E-state index < -0.39 is 10.8 Å². The topological polar surface area (TPSA) is 61.8 Å². The summed E-state index contributed by atoms with van der Waals surface area (Å²) in [5.41, 5.74) is -0.813. The minimum Gasteiger partial charge on any atom is -0.466 e. The van der Waals surface area contributed by atoms with E-state index in [-0.39, 0.29) is 18.0 Å². The van der Waals surface area contributed by atoms with Crippen LogP contribution >= 0.6 is 0 Å². The average Bonchev–Trinajstić information content (AvgIpc) is 2.63. The molecule has 0 bridgehead atoms. The number of methoxy groups -OCH3 is 1. The first-order valence-electron chi connectivity index (χ1n) is 11.0. The van der Waals surface area contributed by atoms with Gasteiger partial charge in [0, 0.05) is 7.11 Å². The van der Waals surface area contributed by atoms with Gasteiger partial charge in [0.05, 0.1) is 30.1 Å². The van der Waals surface area contributed by atoms with Crippen LogP contribution < -0.4 is 0 Å². The van der Waals surface area contributed by atoms with Gasteiger partial charge < -0.3 is 14.2 Å². The van der Waals surface area contributed by atoms with E-state index in [1.54, 1.807) is 7.11 Å². The third kappa shape index (κ3) is 11.0. The van der Waals surface area contributed by atoms with E-state index in [0.29, 0.717) is 13.2 Å². The summed E-state index contributed by atoms with van der Waals surface area (Å²) in [5.74, 6) is -0.209. The van der Waals surface area contributed by atoms with Crippen LogP contribution in [0.25, 0.3) is 0 Å². The lowest BCUT2D eigenvalue weighted by Crippen LogP contribution is -2.26. The van der Waals surface area contributed by atoms with Crippen molar-refractivity contribution in [2.75, 3.05) is 20.3 Å². The van der Waals surface area contributed by atoms with Gasteiger partial charge in [-0.15, -0.1) is 0 Å². The van der Waals surface area contributed by atoms with Gasteiger partial charge in [-0.1, -0.05) is 32.1 Å². The van der Waals surface area contributed by atoms with Gasteiger partial charge in [-0.25, -0.2) is 0 Å². The molecule has 0 aromatic heterocycles. The Morgan fingerprint density at radius 2 is 1.11 bits per heavy atom. The van der Waals surface area contributed by atoms with E-state index in [4.69, 9.17) is 14.2 Å². The van der Waals surface area contributed by atoms with Crippen LogP contribution in [0.4, 0.5) is 0 Å². The Hall–Kier alpha value is -1.10. The Morgan fingerprint density at radius 3 is 1.50 bits per heavy atom. The summed E-state index contributed by atoms with van der Waals surface area (Å²) in [6.07, 6.45) is 9.29. The van der Waals surface area contributed by atoms with Crippen LogP contribution in [0.15, 0.2) is 0 Å². The average molecular weight is 401 g/mol. The molecule has 0 saturated carbocycles. The molecule has 0 aliphatic heterocycles. The second kappa shape index (κ2) is 14.0. The molecule has 0 N–H and O–H groups in total. The van der Waals surface area contributed by atoms with Crippen LogP contribution in [-0.4, -0.2) is 38.4 Å². The molecule has 5 nitrogen and oxygen atoms in total. The smallest absolute Gasteiger partial charge is 0.311 e. The molecule has 0 aromatic rings. The molecule has 0 aliphatic carbocycles. The Labute approximate surface area is 172 Å². The van der Waals surface area contributed by atoms with Crippen molar-refractivity contribution in [2.24, 2.45) is 10.8 Å². The van der Waals surface area contributed by atoms with Crippen molar-refractivity contribution in [3.8, 4) is 0 Å². The highest BCUT2D eigenvalue weighted by molar-refractivity contribution is 5.76. The molecule has 0 saturated heterocycles. The molecule has 0 heterocycles. The molecule has 0 radical (unpaired) electrons. The second-order valence-electron chi connectivity index (χ2n) is 8.91.